The second kappa shape index (κ2) is 4.10. The molecular formula is C10H15NO. The van der Waals surface area contributed by atoms with Crippen molar-refractivity contribution in [3.05, 3.63) is 25.3 Å². The van der Waals surface area contributed by atoms with Crippen LogP contribution >= 0.6 is 0 Å². The summed E-state index contributed by atoms with van der Waals surface area (Å²) in [5.74, 6) is 0.555. The van der Waals surface area contributed by atoms with Gasteiger partial charge in [-0.2, -0.15) is 0 Å². The molecule has 1 aliphatic rings. The highest BCUT2D eigenvalue weighted by molar-refractivity contribution is 5.81. The maximum atomic E-state index is 11.5. The van der Waals surface area contributed by atoms with Gasteiger partial charge in [0.1, 0.15) is 0 Å². The highest BCUT2D eigenvalue weighted by atomic mass is 16.2. The normalized spacial score (nSPS) is 15.3. The first kappa shape index (κ1) is 9.04. The molecule has 66 valence electrons. The summed E-state index contributed by atoms with van der Waals surface area (Å²) in [4.78, 5) is 13.3. The van der Waals surface area contributed by atoms with Crippen LogP contribution in [0.3, 0.4) is 0 Å². The van der Waals surface area contributed by atoms with E-state index in [0.29, 0.717) is 19.0 Å². The summed E-state index contributed by atoms with van der Waals surface area (Å²) in [6.45, 7) is 8.51. The summed E-state index contributed by atoms with van der Waals surface area (Å²) in [6.07, 6.45) is 5.63. The van der Waals surface area contributed by atoms with Crippen molar-refractivity contribution in [3.63, 3.8) is 0 Å². The van der Waals surface area contributed by atoms with E-state index < -0.39 is 0 Å². The molecule has 0 heterocycles. The average molecular weight is 165 g/mol. The van der Waals surface area contributed by atoms with Gasteiger partial charge in [0.2, 0.25) is 5.91 Å². The number of carbonyl (C=O) groups is 1. The van der Waals surface area contributed by atoms with Crippen LogP contribution in [0.15, 0.2) is 25.3 Å². The monoisotopic (exact) mass is 165 g/mol. The molecule has 0 aromatic rings. The van der Waals surface area contributed by atoms with Crippen molar-refractivity contribution >= 4 is 5.91 Å². The summed E-state index contributed by atoms with van der Waals surface area (Å²) in [7, 11) is 0. The largest absolute Gasteiger partial charge is 0.335 e. The van der Waals surface area contributed by atoms with E-state index in [1.165, 1.54) is 0 Å². The predicted molar refractivity (Wildman–Crippen MR) is 49.7 cm³/mol. The zero-order valence-corrected chi connectivity index (χ0v) is 7.33. The Labute approximate surface area is 73.6 Å². The Morgan fingerprint density at radius 2 is 1.83 bits per heavy atom. The molecule has 0 unspecified atom stereocenters. The highest BCUT2D eigenvalue weighted by Gasteiger charge is 2.32. The molecule has 12 heavy (non-hydrogen) atoms. The second-order valence-corrected chi connectivity index (χ2v) is 3.09. The number of rotatable bonds is 5. The Kier molecular flexibility index (Phi) is 3.09. The van der Waals surface area contributed by atoms with E-state index in [4.69, 9.17) is 0 Å². The van der Waals surface area contributed by atoms with Crippen LogP contribution in [0.5, 0.6) is 0 Å². The molecule has 2 heteroatoms. The minimum absolute atomic E-state index is 0.259. The highest BCUT2D eigenvalue weighted by Crippen LogP contribution is 2.30. The fourth-order valence-corrected chi connectivity index (χ4v) is 1.15. The predicted octanol–water partition coefficient (Wildman–Crippen LogP) is 1.60. The van der Waals surface area contributed by atoms with Crippen molar-refractivity contribution in [3.8, 4) is 0 Å². The Morgan fingerprint density at radius 3 is 2.17 bits per heavy atom. The van der Waals surface area contributed by atoms with Gasteiger partial charge in [-0.1, -0.05) is 12.2 Å². The zero-order chi connectivity index (χ0) is 8.97. The van der Waals surface area contributed by atoms with E-state index in [1.807, 2.05) is 0 Å². The van der Waals surface area contributed by atoms with Gasteiger partial charge in [-0.05, 0) is 12.8 Å². The molecule has 0 aliphatic heterocycles. The first-order chi connectivity index (χ1) is 5.79. The van der Waals surface area contributed by atoms with Crippen LogP contribution in [0.4, 0.5) is 0 Å². The van der Waals surface area contributed by atoms with Crippen molar-refractivity contribution in [2.24, 2.45) is 5.92 Å². The molecule has 1 amide bonds. The average Bonchev–Trinajstić information content (AvgIpc) is 2.85. The van der Waals surface area contributed by atoms with Crippen LogP contribution in [0.25, 0.3) is 0 Å². The lowest BCUT2D eigenvalue weighted by Gasteiger charge is -2.18. The van der Waals surface area contributed by atoms with Gasteiger partial charge in [-0.15, -0.1) is 13.2 Å². The summed E-state index contributed by atoms with van der Waals surface area (Å²) in [6, 6.07) is 0. The van der Waals surface area contributed by atoms with Crippen molar-refractivity contribution < 1.29 is 4.79 Å². The van der Waals surface area contributed by atoms with Crippen molar-refractivity contribution in [1.29, 1.82) is 0 Å². The molecule has 0 bridgehead atoms. The lowest BCUT2D eigenvalue weighted by Crippen LogP contribution is -2.32. The van der Waals surface area contributed by atoms with Crippen molar-refractivity contribution in [2.75, 3.05) is 13.1 Å². The molecule has 0 aromatic heterocycles. The first-order valence-electron chi connectivity index (χ1n) is 4.30. The molecule has 1 saturated carbocycles. The Balaban J connectivity index is 2.43. The van der Waals surface area contributed by atoms with Crippen molar-refractivity contribution in [2.45, 2.75) is 12.8 Å². The van der Waals surface area contributed by atoms with Gasteiger partial charge in [0, 0.05) is 19.0 Å². The molecule has 1 fully saturated rings. The fraction of sp³-hybridized carbons (Fsp3) is 0.500. The summed E-state index contributed by atoms with van der Waals surface area (Å²) in [5, 5.41) is 0. The lowest BCUT2D eigenvalue weighted by atomic mass is 10.3. The van der Waals surface area contributed by atoms with E-state index in [9.17, 15) is 4.79 Å². The van der Waals surface area contributed by atoms with Gasteiger partial charge in [0.05, 0.1) is 0 Å². The van der Waals surface area contributed by atoms with Crippen molar-refractivity contribution in [1.82, 2.24) is 4.90 Å². The third-order valence-electron chi connectivity index (χ3n) is 1.94. The van der Waals surface area contributed by atoms with Crippen LogP contribution in [-0.2, 0) is 4.79 Å². The number of carbonyl (C=O) groups excluding carboxylic acids is 1. The SMILES string of the molecule is C=CCN(CC=C)C(=O)C1CC1. The van der Waals surface area contributed by atoms with E-state index in [-0.39, 0.29) is 5.91 Å². The van der Waals surface area contributed by atoms with Crippen LogP contribution in [0.2, 0.25) is 0 Å². The van der Waals surface area contributed by atoms with Gasteiger partial charge in [-0.25, -0.2) is 0 Å². The fourth-order valence-electron chi connectivity index (χ4n) is 1.15. The third-order valence-corrected chi connectivity index (χ3v) is 1.94. The summed E-state index contributed by atoms with van der Waals surface area (Å²) in [5.41, 5.74) is 0. The molecule has 2 nitrogen and oxygen atoms in total. The number of hydrogen-bond acceptors (Lipinski definition) is 1. The Hall–Kier alpha value is -1.05. The smallest absolute Gasteiger partial charge is 0.226 e. The molecule has 0 atom stereocenters. The van der Waals surface area contributed by atoms with Gasteiger partial charge in [0.15, 0.2) is 0 Å². The minimum Gasteiger partial charge on any atom is -0.335 e. The molecule has 0 aromatic carbocycles. The third kappa shape index (κ3) is 2.22. The van der Waals surface area contributed by atoms with E-state index in [1.54, 1.807) is 17.1 Å². The maximum Gasteiger partial charge on any atom is 0.226 e. The van der Waals surface area contributed by atoms with Gasteiger partial charge < -0.3 is 4.90 Å². The Morgan fingerprint density at radius 1 is 1.33 bits per heavy atom. The van der Waals surface area contributed by atoms with Crippen LogP contribution in [0.1, 0.15) is 12.8 Å². The molecule has 0 spiro atoms. The zero-order valence-electron chi connectivity index (χ0n) is 7.33. The number of amides is 1. The van der Waals surface area contributed by atoms with Gasteiger partial charge >= 0.3 is 0 Å². The number of hydrogen-bond donors (Lipinski definition) is 0. The summed E-state index contributed by atoms with van der Waals surface area (Å²) >= 11 is 0. The topological polar surface area (TPSA) is 20.3 Å². The van der Waals surface area contributed by atoms with E-state index >= 15 is 0 Å². The van der Waals surface area contributed by atoms with Crippen LogP contribution in [0, 0.1) is 5.92 Å². The lowest BCUT2D eigenvalue weighted by molar-refractivity contribution is -0.131. The maximum absolute atomic E-state index is 11.5. The molecule has 0 N–H and O–H groups in total. The molecule has 1 rings (SSSR count). The first-order valence-corrected chi connectivity index (χ1v) is 4.30. The van der Waals surface area contributed by atoms with Gasteiger partial charge in [-0.3, -0.25) is 4.79 Å². The quantitative estimate of drug-likeness (QED) is 0.566. The summed E-state index contributed by atoms with van der Waals surface area (Å²) < 4.78 is 0. The molecule has 0 radical (unpaired) electrons. The minimum atomic E-state index is 0.259. The van der Waals surface area contributed by atoms with Crippen LogP contribution in [-0.4, -0.2) is 23.9 Å². The Bertz CT molecular complexity index is 184. The molecule has 0 saturated heterocycles. The van der Waals surface area contributed by atoms with E-state index in [0.717, 1.165) is 12.8 Å². The number of nitrogens with zero attached hydrogens (tertiary/aromatic N) is 1. The molecular weight excluding hydrogens is 150 g/mol. The van der Waals surface area contributed by atoms with Gasteiger partial charge in [0.25, 0.3) is 0 Å². The molecule has 1 aliphatic carbocycles. The standard InChI is InChI=1S/C10H15NO/c1-3-7-11(8-4-2)10(12)9-5-6-9/h3-4,9H,1-2,5-8H2. The van der Waals surface area contributed by atoms with E-state index in [2.05, 4.69) is 13.2 Å². The second-order valence-electron chi connectivity index (χ2n) is 3.09. The van der Waals surface area contributed by atoms with Crippen LogP contribution < -0.4 is 0 Å².